The van der Waals surface area contributed by atoms with Crippen LogP contribution in [0.1, 0.15) is 76.0 Å². The Labute approximate surface area is 276 Å². The van der Waals surface area contributed by atoms with E-state index in [1.54, 1.807) is 18.1 Å². The van der Waals surface area contributed by atoms with Gasteiger partial charge in [-0.1, -0.05) is 82.3 Å². The molecule has 7 heteroatoms. The van der Waals surface area contributed by atoms with E-state index in [4.69, 9.17) is 9.47 Å². The molecular weight excluding hydrogens is 590 g/mol. The van der Waals surface area contributed by atoms with Crippen molar-refractivity contribution in [3.05, 3.63) is 106 Å². The van der Waals surface area contributed by atoms with Gasteiger partial charge in [-0.3, -0.25) is 14.4 Å². The minimum Gasteiger partial charge on any atom is -0.493 e. The predicted octanol–water partition coefficient (Wildman–Crippen LogP) is 7.93. The summed E-state index contributed by atoms with van der Waals surface area (Å²) < 4.78 is 12.5. The molecule has 0 saturated heterocycles. The van der Waals surface area contributed by atoms with Crippen LogP contribution < -0.4 is 9.47 Å². The smallest absolute Gasteiger partial charge is 0.323 e. The highest BCUT2D eigenvalue weighted by atomic mass is 16.5. The monoisotopic (exact) mass is 633 g/mol. The Bertz CT molecular complexity index is 1820. The number of Topliss-reactive ketones (excluding diaryl/α,β-unsaturated/α-hetero) is 2. The number of nitrogens with zero attached hydrogens (tertiary/aromatic N) is 1. The second-order valence-electron chi connectivity index (χ2n) is 14.6. The molecule has 47 heavy (non-hydrogen) atoms. The zero-order valence-electron chi connectivity index (χ0n) is 27.9. The summed E-state index contributed by atoms with van der Waals surface area (Å²) in [5.41, 5.74) is 4.39. The molecule has 244 valence electrons. The molecule has 0 radical (unpaired) electrons. The van der Waals surface area contributed by atoms with Crippen LogP contribution in [-0.4, -0.2) is 41.2 Å². The van der Waals surface area contributed by atoms with Crippen LogP contribution in [0.4, 0.5) is 0 Å². The van der Waals surface area contributed by atoms with E-state index >= 15 is 0 Å². The molecule has 3 aromatic carbocycles. The number of allylic oxidation sites excluding steroid dienone is 5. The molecule has 1 aliphatic heterocycles. The zero-order chi connectivity index (χ0) is 33.7. The lowest BCUT2D eigenvalue weighted by Crippen LogP contribution is -2.45. The van der Waals surface area contributed by atoms with Crippen molar-refractivity contribution in [2.45, 2.75) is 72.3 Å². The van der Waals surface area contributed by atoms with Gasteiger partial charge in [-0.2, -0.15) is 0 Å². The molecule has 3 aromatic rings. The highest BCUT2D eigenvalue weighted by Crippen LogP contribution is 2.55. The molecule has 0 spiro atoms. The van der Waals surface area contributed by atoms with Gasteiger partial charge in [-0.05, 0) is 58.1 Å². The Morgan fingerprint density at radius 1 is 0.915 bits per heavy atom. The fraction of sp³-hybridized carbons (Fsp3) is 0.375. The molecule has 0 saturated carbocycles. The zero-order valence-corrected chi connectivity index (χ0v) is 27.9. The number of rotatable bonds is 9. The number of benzene rings is 3. The molecule has 6 rings (SSSR count). The van der Waals surface area contributed by atoms with E-state index in [1.807, 2.05) is 58.0 Å². The van der Waals surface area contributed by atoms with Gasteiger partial charge in [0.2, 0.25) is 0 Å². The van der Waals surface area contributed by atoms with Crippen molar-refractivity contribution in [2.75, 3.05) is 13.7 Å². The lowest BCUT2D eigenvalue weighted by Gasteiger charge is -2.48. The number of carbonyl (C=O) groups is 3. The summed E-state index contributed by atoms with van der Waals surface area (Å²) in [6.45, 7) is 12.2. The number of ketones is 2. The molecule has 1 N–H and O–H groups in total. The maximum absolute atomic E-state index is 14.1. The number of hydrogen-bond donors (Lipinski definition) is 1. The van der Waals surface area contributed by atoms with Crippen LogP contribution in [0, 0.1) is 10.8 Å². The van der Waals surface area contributed by atoms with E-state index in [0.29, 0.717) is 72.8 Å². The van der Waals surface area contributed by atoms with Gasteiger partial charge in [0.1, 0.15) is 13.2 Å². The molecule has 0 bridgehead atoms. The molecule has 2 aliphatic carbocycles. The molecular formula is C40H43NO6. The Morgan fingerprint density at radius 3 is 2.13 bits per heavy atom. The Morgan fingerprint density at radius 2 is 1.53 bits per heavy atom. The molecule has 7 nitrogen and oxygen atoms in total. The third-order valence-electron chi connectivity index (χ3n) is 9.64. The average Bonchev–Trinajstić information content (AvgIpc) is 2.99. The standard InChI is InChI=1S/C40H43NO6/c1-7-11-25-16-27(17-33(46-6)38(25)47-23-26-14-10-13-24-12-8-9-15-28(24)26)35-36-29(18-39(2,3)20-31(36)42)41(22-34(44)45)30-19-40(4,5)21-32(43)37(30)35/h7-10,12-17,35H,1,11,18-23H2,2-6H3,(H,44,45). The minimum atomic E-state index is -1.00. The Balaban J connectivity index is 1.52. The number of carboxylic acid groups (broad SMARTS) is 1. The second kappa shape index (κ2) is 12.2. The number of methoxy groups -OCH3 is 1. The van der Waals surface area contributed by atoms with Gasteiger partial charge in [0.05, 0.1) is 7.11 Å². The maximum atomic E-state index is 14.1. The van der Waals surface area contributed by atoms with Gasteiger partial charge in [-0.25, -0.2) is 0 Å². The summed E-state index contributed by atoms with van der Waals surface area (Å²) in [5.74, 6) is -0.659. The minimum absolute atomic E-state index is 0.0543. The van der Waals surface area contributed by atoms with Crippen molar-refractivity contribution in [1.82, 2.24) is 4.90 Å². The first-order valence-corrected chi connectivity index (χ1v) is 16.3. The summed E-state index contributed by atoms with van der Waals surface area (Å²) in [6.07, 6.45) is 3.98. The summed E-state index contributed by atoms with van der Waals surface area (Å²) in [7, 11) is 1.59. The molecule has 3 aliphatic rings. The third-order valence-corrected chi connectivity index (χ3v) is 9.64. The molecule has 0 atom stereocenters. The molecule has 0 amide bonds. The molecule has 0 unspecified atom stereocenters. The van der Waals surface area contributed by atoms with Crippen LogP contribution in [0.15, 0.2) is 89.8 Å². The van der Waals surface area contributed by atoms with Crippen molar-refractivity contribution in [3.8, 4) is 11.5 Å². The normalized spacial score (nSPS) is 19.0. The van der Waals surface area contributed by atoms with Crippen LogP contribution in [0.2, 0.25) is 0 Å². The molecule has 0 fully saturated rings. The summed E-state index contributed by atoms with van der Waals surface area (Å²) in [4.78, 5) is 42.3. The van der Waals surface area contributed by atoms with E-state index in [9.17, 15) is 19.5 Å². The highest BCUT2D eigenvalue weighted by Gasteiger charge is 2.49. The fourth-order valence-electron chi connectivity index (χ4n) is 7.75. The predicted molar refractivity (Wildman–Crippen MR) is 182 cm³/mol. The van der Waals surface area contributed by atoms with Gasteiger partial charge in [0, 0.05) is 46.9 Å². The largest absolute Gasteiger partial charge is 0.493 e. The summed E-state index contributed by atoms with van der Waals surface area (Å²) in [6, 6.07) is 18.2. The SMILES string of the molecule is C=CCc1cc(C2C3=C(CC(C)(C)CC3=O)N(CC(=O)O)C3=C2C(=O)CC(C)(C)C3)cc(OC)c1OCc1cccc2ccccc12. The van der Waals surface area contributed by atoms with Crippen LogP contribution >= 0.6 is 0 Å². The van der Waals surface area contributed by atoms with Crippen molar-refractivity contribution in [2.24, 2.45) is 10.8 Å². The number of carboxylic acids is 1. The lowest BCUT2D eigenvalue weighted by atomic mass is 9.63. The first kappa shape index (κ1) is 32.3. The van der Waals surface area contributed by atoms with Gasteiger partial charge in [0.25, 0.3) is 0 Å². The Kier molecular flexibility index (Phi) is 8.37. The Hall–Kier alpha value is -4.65. The topological polar surface area (TPSA) is 93.1 Å². The van der Waals surface area contributed by atoms with Gasteiger partial charge in [-0.15, -0.1) is 6.58 Å². The van der Waals surface area contributed by atoms with Gasteiger partial charge >= 0.3 is 5.97 Å². The number of carbonyl (C=O) groups excluding carboxylic acids is 2. The number of aliphatic carboxylic acids is 1. The van der Waals surface area contributed by atoms with Crippen LogP contribution in [0.5, 0.6) is 11.5 Å². The molecule has 1 heterocycles. The van der Waals surface area contributed by atoms with Gasteiger partial charge in [0.15, 0.2) is 23.1 Å². The summed E-state index contributed by atoms with van der Waals surface area (Å²) in [5, 5.41) is 12.3. The van der Waals surface area contributed by atoms with Crippen molar-refractivity contribution in [3.63, 3.8) is 0 Å². The fourth-order valence-corrected chi connectivity index (χ4v) is 7.75. The van der Waals surface area contributed by atoms with Crippen LogP contribution in [0.25, 0.3) is 10.8 Å². The van der Waals surface area contributed by atoms with E-state index in [2.05, 4.69) is 30.8 Å². The quantitative estimate of drug-likeness (QED) is 0.239. The summed E-state index contributed by atoms with van der Waals surface area (Å²) >= 11 is 0. The number of ether oxygens (including phenoxy) is 2. The van der Waals surface area contributed by atoms with Crippen LogP contribution in [0.3, 0.4) is 0 Å². The number of hydrogen-bond acceptors (Lipinski definition) is 6. The molecule has 0 aromatic heterocycles. The number of fused-ring (bicyclic) bond motifs is 1. The van der Waals surface area contributed by atoms with Crippen molar-refractivity contribution < 1.29 is 29.0 Å². The lowest BCUT2D eigenvalue weighted by molar-refractivity contribution is -0.138. The average molecular weight is 634 g/mol. The van der Waals surface area contributed by atoms with E-state index in [0.717, 1.165) is 27.5 Å². The van der Waals surface area contributed by atoms with Gasteiger partial charge < -0.3 is 19.5 Å². The van der Waals surface area contributed by atoms with E-state index in [-0.39, 0.29) is 28.9 Å². The van der Waals surface area contributed by atoms with Crippen LogP contribution in [-0.2, 0) is 27.4 Å². The van der Waals surface area contributed by atoms with Crippen molar-refractivity contribution >= 4 is 28.3 Å². The second-order valence-corrected chi connectivity index (χ2v) is 14.6. The third kappa shape index (κ3) is 6.11. The van der Waals surface area contributed by atoms with E-state index < -0.39 is 11.9 Å². The first-order chi connectivity index (χ1) is 22.3. The van der Waals surface area contributed by atoms with Crippen molar-refractivity contribution in [1.29, 1.82) is 0 Å². The highest BCUT2D eigenvalue weighted by molar-refractivity contribution is 6.07. The first-order valence-electron chi connectivity index (χ1n) is 16.3. The van der Waals surface area contributed by atoms with E-state index in [1.165, 1.54) is 0 Å². The maximum Gasteiger partial charge on any atom is 0.323 e.